The molecule has 9 aromatic rings. The number of aryl methyl sites for hydroxylation is 6. The third kappa shape index (κ3) is 8.84. The highest BCUT2D eigenvalue weighted by molar-refractivity contribution is 6.22. The van der Waals surface area contributed by atoms with Crippen molar-refractivity contribution in [3.8, 4) is 22.3 Å². The molecular weight excluding hydrogens is 773 g/mol. The molecule has 0 aromatic heterocycles. The van der Waals surface area contributed by atoms with E-state index in [1.165, 1.54) is 114 Å². The average molecular weight is 833 g/mol. The van der Waals surface area contributed by atoms with Crippen LogP contribution in [0.2, 0.25) is 0 Å². The normalized spacial score (nSPS) is 11.3. The van der Waals surface area contributed by atoms with E-state index in [9.17, 15) is 0 Å². The number of nitrogens with zero attached hydrogens (tertiary/aromatic N) is 2. The zero-order chi connectivity index (χ0) is 44.2. The van der Waals surface area contributed by atoms with Crippen LogP contribution in [-0.2, 0) is 12.8 Å². The Hall–Kier alpha value is -6.90. The zero-order valence-corrected chi connectivity index (χ0v) is 38.5. The number of rotatable bonds is 14. The maximum absolute atomic E-state index is 2.46. The summed E-state index contributed by atoms with van der Waals surface area (Å²) in [6, 6.07) is 68.6. The summed E-state index contributed by atoms with van der Waals surface area (Å²) >= 11 is 0. The molecular formula is C62H60N2. The van der Waals surface area contributed by atoms with Gasteiger partial charge in [0.2, 0.25) is 0 Å². The summed E-state index contributed by atoms with van der Waals surface area (Å²) in [5.41, 5.74) is 19.7. The van der Waals surface area contributed by atoms with E-state index in [1.54, 1.807) is 0 Å². The molecule has 0 saturated heterocycles. The van der Waals surface area contributed by atoms with Gasteiger partial charge in [-0.3, -0.25) is 0 Å². The van der Waals surface area contributed by atoms with Crippen molar-refractivity contribution in [3.05, 3.63) is 215 Å². The maximum atomic E-state index is 2.46. The summed E-state index contributed by atoms with van der Waals surface area (Å²) in [6.07, 6.45) is 6.84. The molecule has 0 saturated carbocycles. The first-order valence-corrected chi connectivity index (χ1v) is 23.4. The molecule has 9 rings (SSSR count). The van der Waals surface area contributed by atoms with Crippen LogP contribution in [-0.4, -0.2) is 0 Å². The van der Waals surface area contributed by atoms with Gasteiger partial charge in [-0.25, -0.2) is 0 Å². The van der Waals surface area contributed by atoms with Gasteiger partial charge in [-0.05, 0) is 192 Å². The fourth-order valence-corrected chi connectivity index (χ4v) is 9.59. The van der Waals surface area contributed by atoms with E-state index < -0.39 is 0 Å². The lowest BCUT2D eigenvalue weighted by Gasteiger charge is -2.29. The number of hydrogen-bond donors (Lipinski definition) is 0. The minimum Gasteiger partial charge on any atom is -0.310 e. The van der Waals surface area contributed by atoms with Gasteiger partial charge < -0.3 is 9.80 Å². The molecule has 0 bridgehead atoms. The Kier molecular flexibility index (Phi) is 12.5. The quantitative estimate of drug-likeness (QED) is 0.101. The monoisotopic (exact) mass is 832 g/mol. The summed E-state index contributed by atoms with van der Waals surface area (Å²) in [4.78, 5) is 4.92. The van der Waals surface area contributed by atoms with E-state index in [-0.39, 0.29) is 0 Å². The molecule has 2 heteroatoms. The number of anilines is 6. The summed E-state index contributed by atoms with van der Waals surface area (Å²) in [6.45, 7) is 13.3. The van der Waals surface area contributed by atoms with Gasteiger partial charge in [-0.1, -0.05) is 147 Å². The van der Waals surface area contributed by atoms with Crippen LogP contribution in [0.4, 0.5) is 34.1 Å². The molecule has 0 aliphatic heterocycles. The summed E-state index contributed by atoms with van der Waals surface area (Å²) in [7, 11) is 0. The lowest BCUT2D eigenvalue weighted by atomic mass is 9.85. The molecule has 0 radical (unpaired) electrons. The molecule has 0 heterocycles. The van der Waals surface area contributed by atoms with Gasteiger partial charge in [0, 0.05) is 34.1 Å². The number of unbranched alkanes of at least 4 members (excludes halogenated alkanes) is 2. The van der Waals surface area contributed by atoms with Crippen LogP contribution in [0.3, 0.4) is 0 Å². The highest BCUT2D eigenvalue weighted by Crippen LogP contribution is 2.48. The molecule has 64 heavy (non-hydrogen) atoms. The third-order valence-corrected chi connectivity index (χ3v) is 12.7. The van der Waals surface area contributed by atoms with E-state index >= 15 is 0 Å². The Labute approximate surface area is 381 Å². The summed E-state index contributed by atoms with van der Waals surface area (Å²) in [5, 5.41) is 4.92. The minimum atomic E-state index is 1.07. The van der Waals surface area contributed by atoms with Gasteiger partial charge in [-0.15, -0.1) is 0 Å². The SMILES string of the molecule is CCCCc1cc(C)cc(N(c2ccc(C)cc2)c2ccc3c(-c4ccccc4)c4cc(N(c5ccc(C)cc5)c5cc(C)cc(CCCC)c5)ccc4c(-c4ccccc4)c3c2)c1. The molecule has 9 aromatic carbocycles. The van der Waals surface area contributed by atoms with Crippen molar-refractivity contribution < 1.29 is 0 Å². The van der Waals surface area contributed by atoms with Gasteiger partial charge >= 0.3 is 0 Å². The Balaban J connectivity index is 1.34. The predicted molar refractivity (Wildman–Crippen MR) is 278 cm³/mol. The van der Waals surface area contributed by atoms with Crippen molar-refractivity contribution >= 4 is 55.7 Å². The molecule has 0 aliphatic rings. The second kappa shape index (κ2) is 18.8. The van der Waals surface area contributed by atoms with Crippen LogP contribution >= 0.6 is 0 Å². The largest absolute Gasteiger partial charge is 0.310 e. The minimum absolute atomic E-state index is 1.07. The Bertz CT molecular complexity index is 2830. The van der Waals surface area contributed by atoms with E-state index in [2.05, 4.69) is 233 Å². The molecule has 0 N–H and O–H groups in total. The molecule has 0 spiro atoms. The summed E-state index contributed by atoms with van der Waals surface area (Å²) < 4.78 is 0. The highest BCUT2D eigenvalue weighted by Gasteiger charge is 2.23. The number of benzene rings is 9. The van der Waals surface area contributed by atoms with Crippen molar-refractivity contribution in [1.29, 1.82) is 0 Å². The molecule has 0 atom stereocenters. The first-order valence-electron chi connectivity index (χ1n) is 23.4. The second-order valence-corrected chi connectivity index (χ2v) is 17.8. The van der Waals surface area contributed by atoms with E-state index in [0.29, 0.717) is 0 Å². The molecule has 318 valence electrons. The van der Waals surface area contributed by atoms with Crippen molar-refractivity contribution in [3.63, 3.8) is 0 Å². The molecule has 0 unspecified atom stereocenters. The van der Waals surface area contributed by atoms with Crippen LogP contribution in [0.5, 0.6) is 0 Å². The van der Waals surface area contributed by atoms with Gasteiger partial charge in [0.25, 0.3) is 0 Å². The molecule has 0 fully saturated rings. The van der Waals surface area contributed by atoms with Gasteiger partial charge in [0.15, 0.2) is 0 Å². The van der Waals surface area contributed by atoms with Crippen LogP contribution in [0, 0.1) is 27.7 Å². The van der Waals surface area contributed by atoms with Gasteiger partial charge in [0.05, 0.1) is 0 Å². The third-order valence-electron chi connectivity index (χ3n) is 12.7. The van der Waals surface area contributed by atoms with Crippen molar-refractivity contribution in [1.82, 2.24) is 0 Å². The standard InChI is InChI=1S/C62H60N2/c1-7-9-17-47-35-45(5)37-55(39-47)63(51-27-23-43(3)24-28-51)53-31-33-57-59(41-53)61(49-19-13-11-14-20-49)58-34-32-54(42-60(58)62(57)50-21-15-12-16-22-50)64(52-29-25-44(4)26-30-52)56-38-46(6)36-48(40-56)18-10-8-2/h11-16,19-42H,7-10,17-18H2,1-6H3. The lowest BCUT2D eigenvalue weighted by Crippen LogP contribution is -2.11. The van der Waals surface area contributed by atoms with E-state index in [1.807, 2.05) is 0 Å². The van der Waals surface area contributed by atoms with Crippen molar-refractivity contribution in [2.45, 2.75) is 80.1 Å². The van der Waals surface area contributed by atoms with Crippen LogP contribution < -0.4 is 9.80 Å². The van der Waals surface area contributed by atoms with Crippen molar-refractivity contribution in [2.75, 3.05) is 9.80 Å². The Morgan fingerprint density at radius 3 is 1.06 bits per heavy atom. The zero-order valence-electron chi connectivity index (χ0n) is 38.5. The van der Waals surface area contributed by atoms with Crippen molar-refractivity contribution in [2.24, 2.45) is 0 Å². The lowest BCUT2D eigenvalue weighted by molar-refractivity contribution is 0.794. The molecule has 0 amide bonds. The first kappa shape index (κ1) is 42.4. The van der Waals surface area contributed by atoms with Gasteiger partial charge in [0.1, 0.15) is 0 Å². The van der Waals surface area contributed by atoms with E-state index in [0.717, 1.165) is 35.6 Å². The fraction of sp³-hybridized carbons (Fsp3) is 0.194. The van der Waals surface area contributed by atoms with Crippen LogP contribution in [0.1, 0.15) is 72.9 Å². The first-order chi connectivity index (χ1) is 31.3. The summed E-state index contributed by atoms with van der Waals surface area (Å²) in [5.74, 6) is 0. The van der Waals surface area contributed by atoms with Crippen LogP contribution in [0.15, 0.2) is 182 Å². The molecule has 0 aliphatic carbocycles. The maximum Gasteiger partial charge on any atom is 0.0468 e. The second-order valence-electron chi connectivity index (χ2n) is 17.8. The fourth-order valence-electron chi connectivity index (χ4n) is 9.59. The highest BCUT2D eigenvalue weighted by atomic mass is 15.1. The number of hydrogen-bond acceptors (Lipinski definition) is 2. The van der Waals surface area contributed by atoms with Gasteiger partial charge in [-0.2, -0.15) is 0 Å². The number of fused-ring (bicyclic) bond motifs is 2. The topological polar surface area (TPSA) is 6.48 Å². The van der Waals surface area contributed by atoms with Crippen LogP contribution in [0.25, 0.3) is 43.8 Å². The molecule has 2 nitrogen and oxygen atoms in total. The predicted octanol–water partition coefficient (Wildman–Crippen LogP) is 18.2. The average Bonchev–Trinajstić information content (AvgIpc) is 3.31. The Morgan fingerprint density at radius 2 is 0.688 bits per heavy atom. The Morgan fingerprint density at radius 1 is 0.312 bits per heavy atom. The van der Waals surface area contributed by atoms with E-state index in [4.69, 9.17) is 0 Å². The smallest absolute Gasteiger partial charge is 0.0468 e.